The molecule has 0 saturated carbocycles. The van der Waals surface area contributed by atoms with E-state index in [0.29, 0.717) is 23.1 Å². The van der Waals surface area contributed by atoms with Crippen LogP contribution < -0.4 is 4.74 Å². The van der Waals surface area contributed by atoms with Crippen molar-refractivity contribution in [1.29, 1.82) is 0 Å². The molecule has 0 aliphatic carbocycles. The van der Waals surface area contributed by atoms with Gasteiger partial charge in [0, 0.05) is 5.02 Å². The Kier molecular flexibility index (Phi) is 7.48. The number of Topliss-reactive ketones (excluding diaryl/α,β-unsaturated/α-hetero) is 1. The number of aliphatic hydroxyl groups is 1. The molecule has 0 fully saturated rings. The average molecular weight is 361 g/mol. The van der Waals surface area contributed by atoms with Crippen molar-refractivity contribution in [3.05, 3.63) is 64.7 Å². The molecule has 134 valence electrons. The Balaban J connectivity index is 1.79. The Morgan fingerprint density at radius 3 is 2.52 bits per heavy atom. The predicted molar refractivity (Wildman–Crippen MR) is 101 cm³/mol. The van der Waals surface area contributed by atoms with Gasteiger partial charge in [-0.3, -0.25) is 4.79 Å². The molecule has 2 atom stereocenters. The van der Waals surface area contributed by atoms with Crippen LogP contribution in [0.2, 0.25) is 5.02 Å². The fourth-order valence-corrected chi connectivity index (χ4v) is 2.93. The molecule has 0 spiro atoms. The van der Waals surface area contributed by atoms with Crippen molar-refractivity contribution in [2.75, 3.05) is 6.61 Å². The molecule has 0 heterocycles. The van der Waals surface area contributed by atoms with Crippen LogP contribution in [0.4, 0.5) is 0 Å². The number of hydrogen-bond donors (Lipinski definition) is 1. The van der Waals surface area contributed by atoms with Crippen LogP contribution in [0.5, 0.6) is 5.75 Å². The summed E-state index contributed by atoms with van der Waals surface area (Å²) in [6, 6.07) is 15.2. The first-order valence-corrected chi connectivity index (χ1v) is 8.96. The van der Waals surface area contributed by atoms with Crippen LogP contribution in [-0.2, 0) is 11.2 Å². The highest BCUT2D eigenvalue weighted by molar-refractivity contribution is 6.30. The summed E-state index contributed by atoms with van der Waals surface area (Å²) in [7, 11) is 0. The van der Waals surface area contributed by atoms with Gasteiger partial charge in [0.25, 0.3) is 0 Å². The van der Waals surface area contributed by atoms with Gasteiger partial charge in [-0.05, 0) is 67.5 Å². The quantitative estimate of drug-likeness (QED) is 0.684. The van der Waals surface area contributed by atoms with Crippen molar-refractivity contribution in [2.24, 2.45) is 5.92 Å². The van der Waals surface area contributed by atoms with Gasteiger partial charge in [-0.1, -0.05) is 42.8 Å². The number of carbonyl (C=O) groups is 1. The lowest BCUT2D eigenvalue weighted by Crippen LogP contribution is -2.07. The minimum Gasteiger partial charge on any atom is -0.486 e. The molecule has 2 aromatic rings. The maximum Gasteiger partial charge on any atom is 0.167 e. The van der Waals surface area contributed by atoms with E-state index in [1.165, 1.54) is 12.5 Å². The molecule has 2 aromatic carbocycles. The first-order chi connectivity index (χ1) is 11.9. The topological polar surface area (TPSA) is 46.5 Å². The number of hydrogen-bond acceptors (Lipinski definition) is 3. The Hall–Kier alpha value is -1.84. The molecule has 0 radical (unpaired) electrons. The van der Waals surface area contributed by atoms with Gasteiger partial charge in [0.15, 0.2) is 5.78 Å². The summed E-state index contributed by atoms with van der Waals surface area (Å²) in [5.41, 5.74) is 2.09. The minimum absolute atomic E-state index is 0.0101. The van der Waals surface area contributed by atoms with Gasteiger partial charge in [-0.2, -0.15) is 0 Å². The van der Waals surface area contributed by atoms with Crippen LogP contribution >= 0.6 is 11.6 Å². The van der Waals surface area contributed by atoms with Crippen LogP contribution in [0.25, 0.3) is 0 Å². The smallest absolute Gasteiger partial charge is 0.167 e. The molecule has 2 rings (SSSR count). The van der Waals surface area contributed by atoms with E-state index in [1.54, 1.807) is 0 Å². The number of ether oxygens (including phenoxy) is 1. The second-order valence-corrected chi connectivity index (χ2v) is 7.03. The highest BCUT2D eigenvalue weighted by Crippen LogP contribution is 2.25. The van der Waals surface area contributed by atoms with E-state index in [4.69, 9.17) is 16.3 Å². The van der Waals surface area contributed by atoms with Crippen LogP contribution in [0.3, 0.4) is 0 Å². The third-order valence-electron chi connectivity index (χ3n) is 4.12. The Labute approximate surface area is 154 Å². The third-order valence-corrected chi connectivity index (χ3v) is 4.35. The molecule has 0 aliphatic heterocycles. The van der Waals surface area contributed by atoms with Gasteiger partial charge in [-0.25, -0.2) is 0 Å². The second kappa shape index (κ2) is 9.59. The van der Waals surface area contributed by atoms with E-state index in [2.05, 4.69) is 6.92 Å². The summed E-state index contributed by atoms with van der Waals surface area (Å²) in [5.74, 6) is 1.18. The number of halogens is 1. The fourth-order valence-electron chi connectivity index (χ4n) is 2.73. The Bertz CT molecular complexity index is 682. The molecule has 0 aromatic heterocycles. The molecular formula is C21H25ClO3. The number of benzene rings is 2. The van der Waals surface area contributed by atoms with Crippen molar-refractivity contribution >= 4 is 17.4 Å². The van der Waals surface area contributed by atoms with E-state index in [0.717, 1.165) is 18.4 Å². The predicted octanol–water partition coefficient (Wildman–Crippen LogP) is 5.00. The molecule has 0 aliphatic rings. The number of carbonyl (C=O) groups excluding carboxylic acids is 1. The van der Waals surface area contributed by atoms with Crippen molar-refractivity contribution in [1.82, 2.24) is 0 Å². The molecule has 3 nitrogen and oxygen atoms in total. The average Bonchev–Trinajstić information content (AvgIpc) is 2.59. The van der Waals surface area contributed by atoms with Crippen molar-refractivity contribution < 1.29 is 14.6 Å². The summed E-state index contributed by atoms with van der Waals surface area (Å²) < 4.78 is 5.37. The van der Waals surface area contributed by atoms with E-state index in [9.17, 15) is 9.90 Å². The number of ketones is 1. The molecule has 0 saturated heterocycles. The third kappa shape index (κ3) is 6.89. The monoisotopic (exact) mass is 360 g/mol. The Morgan fingerprint density at radius 2 is 1.88 bits per heavy atom. The maximum atomic E-state index is 10.9. The van der Waals surface area contributed by atoms with Gasteiger partial charge in [0.1, 0.15) is 12.4 Å². The first-order valence-electron chi connectivity index (χ1n) is 8.58. The van der Waals surface area contributed by atoms with Crippen molar-refractivity contribution in [3.63, 3.8) is 0 Å². The Morgan fingerprint density at radius 1 is 1.16 bits per heavy atom. The lowest BCUT2D eigenvalue weighted by atomic mass is 9.93. The van der Waals surface area contributed by atoms with Gasteiger partial charge < -0.3 is 9.84 Å². The zero-order chi connectivity index (χ0) is 18.2. The van der Waals surface area contributed by atoms with E-state index >= 15 is 0 Å². The van der Waals surface area contributed by atoms with Crippen LogP contribution in [0.1, 0.15) is 43.9 Å². The molecule has 0 bridgehead atoms. The molecule has 0 amide bonds. The summed E-state index contributed by atoms with van der Waals surface area (Å²) in [5, 5.41) is 10.9. The normalized spacial score (nSPS) is 13.3. The molecule has 2 unspecified atom stereocenters. The number of rotatable bonds is 9. The molecule has 25 heavy (non-hydrogen) atoms. The van der Waals surface area contributed by atoms with Gasteiger partial charge in [0.2, 0.25) is 0 Å². The highest BCUT2D eigenvalue weighted by Gasteiger charge is 2.11. The van der Waals surface area contributed by atoms with Crippen molar-refractivity contribution in [2.45, 2.75) is 39.2 Å². The maximum absolute atomic E-state index is 10.9. The SMILES string of the molecule is CC(=O)COc1ccc(CC(C)CCC(O)c2cccc(Cl)c2)cc1. The van der Waals surface area contributed by atoms with Crippen LogP contribution in [-0.4, -0.2) is 17.5 Å². The van der Waals surface area contributed by atoms with E-state index in [1.807, 2.05) is 48.5 Å². The highest BCUT2D eigenvalue weighted by atomic mass is 35.5. The number of aliphatic hydroxyl groups excluding tert-OH is 1. The fraction of sp³-hybridized carbons (Fsp3) is 0.381. The lowest BCUT2D eigenvalue weighted by Gasteiger charge is -2.16. The zero-order valence-corrected chi connectivity index (χ0v) is 15.5. The lowest BCUT2D eigenvalue weighted by molar-refractivity contribution is -0.118. The molecule has 1 N–H and O–H groups in total. The van der Waals surface area contributed by atoms with E-state index in [-0.39, 0.29) is 12.4 Å². The molecule has 4 heteroatoms. The molecular weight excluding hydrogens is 336 g/mol. The standard InChI is InChI=1S/C21H25ClO3/c1-15(6-11-21(24)18-4-3-5-19(22)13-18)12-17-7-9-20(10-8-17)25-14-16(2)23/h3-5,7-10,13,15,21,24H,6,11-12,14H2,1-2H3. The summed E-state index contributed by atoms with van der Waals surface area (Å²) in [6.07, 6.45) is 2.09. The van der Waals surface area contributed by atoms with Crippen molar-refractivity contribution in [3.8, 4) is 5.75 Å². The minimum atomic E-state index is -0.483. The first kappa shape index (κ1) is 19.5. The van der Waals surface area contributed by atoms with Gasteiger partial charge in [0.05, 0.1) is 6.10 Å². The van der Waals surface area contributed by atoms with Gasteiger partial charge >= 0.3 is 0 Å². The summed E-state index contributed by atoms with van der Waals surface area (Å²) in [4.78, 5) is 10.9. The largest absolute Gasteiger partial charge is 0.486 e. The summed E-state index contributed by atoms with van der Waals surface area (Å²) in [6.45, 7) is 3.80. The van der Waals surface area contributed by atoms with Crippen LogP contribution in [0.15, 0.2) is 48.5 Å². The van der Waals surface area contributed by atoms with E-state index < -0.39 is 6.10 Å². The van der Waals surface area contributed by atoms with Gasteiger partial charge in [-0.15, -0.1) is 0 Å². The van der Waals surface area contributed by atoms with Crippen LogP contribution in [0, 0.1) is 5.92 Å². The zero-order valence-electron chi connectivity index (χ0n) is 14.7. The summed E-state index contributed by atoms with van der Waals surface area (Å²) >= 11 is 5.97. The second-order valence-electron chi connectivity index (χ2n) is 6.59.